The van der Waals surface area contributed by atoms with Gasteiger partial charge >= 0.3 is 6.09 Å². The number of nitrogens with one attached hydrogen (secondary N) is 3. The lowest BCUT2D eigenvalue weighted by Crippen LogP contribution is -2.54. The average Bonchev–Trinajstić information content (AvgIpc) is 3.01. The molecule has 1 aromatic heterocycles. The Hall–Kier alpha value is -2.32. The van der Waals surface area contributed by atoms with Crippen LogP contribution in [0.15, 0.2) is 9.52 Å². The molecule has 1 amide bonds. The summed E-state index contributed by atoms with van der Waals surface area (Å²) in [5.41, 5.74) is -1.03. The molecule has 1 rings (SSSR count). The standard InChI is InChI=1S/C19H36N6O3/c1-13(2)15-23-14(28-25-15)10-9-11-21-16(20-8)22-12-19(6,7)24-17(26)27-18(3,4)5/h13H,9-12H2,1-8H3,(H,24,26)(H2,20,21,22). The molecule has 0 saturated carbocycles. The number of aromatic nitrogens is 2. The van der Waals surface area contributed by atoms with Gasteiger partial charge in [0, 0.05) is 32.5 Å². The monoisotopic (exact) mass is 396 g/mol. The minimum absolute atomic E-state index is 0.260. The number of nitrogens with zero attached hydrogens (tertiary/aromatic N) is 3. The second-order valence-corrected chi connectivity index (χ2v) is 8.67. The van der Waals surface area contributed by atoms with E-state index in [1.54, 1.807) is 7.05 Å². The molecule has 1 heterocycles. The van der Waals surface area contributed by atoms with Gasteiger partial charge < -0.3 is 25.2 Å². The molecule has 3 N–H and O–H groups in total. The molecule has 0 bridgehead atoms. The van der Waals surface area contributed by atoms with Gasteiger partial charge in [-0.3, -0.25) is 4.99 Å². The van der Waals surface area contributed by atoms with Crippen LogP contribution >= 0.6 is 0 Å². The van der Waals surface area contributed by atoms with Crippen molar-refractivity contribution in [1.82, 2.24) is 26.1 Å². The molecule has 0 aliphatic heterocycles. The second-order valence-electron chi connectivity index (χ2n) is 8.67. The SMILES string of the molecule is CN=C(NCCCc1nc(C(C)C)no1)NCC(C)(C)NC(=O)OC(C)(C)C. The van der Waals surface area contributed by atoms with Gasteiger partial charge in [0.1, 0.15) is 5.60 Å². The molecule has 160 valence electrons. The molecule has 0 fully saturated rings. The molecule has 9 nitrogen and oxygen atoms in total. The summed E-state index contributed by atoms with van der Waals surface area (Å²) in [6.45, 7) is 14.6. The van der Waals surface area contributed by atoms with Gasteiger partial charge in [0.05, 0.1) is 5.54 Å². The number of alkyl carbamates (subject to hydrolysis) is 1. The first-order valence-electron chi connectivity index (χ1n) is 9.70. The summed E-state index contributed by atoms with van der Waals surface area (Å²) in [5.74, 6) is 2.31. The van der Waals surface area contributed by atoms with Crippen LogP contribution in [0, 0.1) is 0 Å². The lowest BCUT2D eigenvalue weighted by molar-refractivity contribution is 0.0474. The van der Waals surface area contributed by atoms with Crippen molar-refractivity contribution in [3.05, 3.63) is 11.7 Å². The van der Waals surface area contributed by atoms with E-state index in [1.165, 1.54) is 0 Å². The molecule has 0 aliphatic rings. The number of aliphatic imine (C=N–C) groups is 1. The lowest BCUT2D eigenvalue weighted by Gasteiger charge is -2.29. The first kappa shape index (κ1) is 23.7. The van der Waals surface area contributed by atoms with Crippen molar-refractivity contribution in [3.8, 4) is 0 Å². The van der Waals surface area contributed by atoms with Gasteiger partial charge in [0.2, 0.25) is 5.89 Å². The van der Waals surface area contributed by atoms with E-state index in [9.17, 15) is 4.79 Å². The third-order valence-electron chi connectivity index (χ3n) is 3.62. The topological polar surface area (TPSA) is 114 Å². The van der Waals surface area contributed by atoms with Crippen LogP contribution in [0.4, 0.5) is 4.79 Å². The van der Waals surface area contributed by atoms with Crippen molar-refractivity contribution in [1.29, 1.82) is 0 Å². The molecule has 0 aliphatic carbocycles. The molecule has 0 atom stereocenters. The zero-order valence-electron chi connectivity index (χ0n) is 18.5. The predicted molar refractivity (Wildman–Crippen MR) is 110 cm³/mol. The number of ether oxygens (including phenoxy) is 1. The zero-order valence-corrected chi connectivity index (χ0v) is 18.5. The fraction of sp³-hybridized carbons (Fsp3) is 0.789. The Morgan fingerprint density at radius 3 is 2.43 bits per heavy atom. The summed E-state index contributed by atoms with van der Waals surface area (Å²) in [5, 5.41) is 13.3. The number of carbonyl (C=O) groups excluding carboxylic acids is 1. The summed E-state index contributed by atoms with van der Waals surface area (Å²) >= 11 is 0. The average molecular weight is 397 g/mol. The minimum atomic E-state index is -0.528. The first-order valence-corrected chi connectivity index (χ1v) is 9.70. The number of amides is 1. The molecular formula is C19H36N6O3. The Balaban J connectivity index is 2.34. The molecule has 28 heavy (non-hydrogen) atoms. The van der Waals surface area contributed by atoms with Crippen LogP contribution in [0.25, 0.3) is 0 Å². The van der Waals surface area contributed by atoms with E-state index in [0.29, 0.717) is 31.4 Å². The summed E-state index contributed by atoms with van der Waals surface area (Å²) in [7, 11) is 1.70. The number of hydrogen-bond acceptors (Lipinski definition) is 6. The van der Waals surface area contributed by atoms with Crippen molar-refractivity contribution in [3.63, 3.8) is 0 Å². The zero-order chi connectivity index (χ0) is 21.4. The quantitative estimate of drug-likeness (QED) is 0.351. The van der Waals surface area contributed by atoms with Crippen molar-refractivity contribution >= 4 is 12.1 Å². The first-order chi connectivity index (χ1) is 12.9. The second kappa shape index (κ2) is 10.3. The minimum Gasteiger partial charge on any atom is -0.444 e. The highest BCUT2D eigenvalue weighted by Gasteiger charge is 2.24. The molecule has 0 spiro atoms. The number of rotatable bonds is 8. The lowest BCUT2D eigenvalue weighted by atomic mass is 10.1. The van der Waals surface area contributed by atoms with Crippen LogP contribution in [0.5, 0.6) is 0 Å². The van der Waals surface area contributed by atoms with E-state index in [2.05, 4.69) is 31.1 Å². The van der Waals surface area contributed by atoms with E-state index in [1.807, 2.05) is 48.5 Å². The smallest absolute Gasteiger partial charge is 0.408 e. The Morgan fingerprint density at radius 1 is 1.21 bits per heavy atom. The third kappa shape index (κ3) is 9.57. The van der Waals surface area contributed by atoms with E-state index < -0.39 is 17.2 Å². The van der Waals surface area contributed by atoms with Crippen LogP contribution in [0.1, 0.15) is 72.5 Å². The van der Waals surface area contributed by atoms with E-state index >= 15 is 0 Å². The maximum atomic E-state index is 12.0. The molecule has 0 saturated heterocycles. The molecule has 0 unspecified atom stereocenters. The summed E-state index contributed by atoms with van der Waals surface area (Å²) in [6, 6.07) is 0. The maximum absolute atomic E-state index is 12.0. The van der Waals surface area contributed by atoms with Crippen LogP contribution in [-0.4, -0.2) is 53.5 Å². The van der Waals surface area contributed by atoms with Gasteiger partial charge in [0.25, 0.3) is 0 Å². The van der Waals surface area contributed by atoms with Crippen LogP contribution in [0.3, 0.4) is 0 Å². The highest BCUT2D eigenvalue weighted by atomic mass is 16.6. The van der Waals surface area contributed by atoms with E-state index in [-0.39, 0.29) is 5.92 Å². The number of aryl methyl sites for hydroxylation is 1. The van der Waals surface area contributed by atoms with E-state index in [4.69, 9.17) is 9.26 Å². The van der Waals surface area contributed by atoms with Gasteiger partial charge in [0.15, 0.2) is 11.8 Å². The molecular weight excluding hydrogens is 360 g/mol. The highest BCUT2D eigenvalue weighted by molar-refractivity contribution is 5.79. The van der Waals surface area contributed by atoms with Crippen molar-refractivity contribution in [2.24, 2.45) is 4.99 Å². The Bertz CT molecular complexity index is 646. The molecule has 0 radical (unpaired) electrons. The van der Waals surface area contributed by atoms with Crippen molar-refractivity contribution in [2.75, 3.05) is 20.1 Å². The number of hydrogen-bond donors (Lipinski definition) is 3. The van der Waals surface area contributed by atoms with Gasteiger partial charge in [-0.05, 0) is 41.0 Å². The van der Waals surface area contributed by atoms with Gasteiger partial charge in [-0.2, -0.15) is 4.98 Å². The third-order valence-corrected chi connectivity index (χ3v) is 3.62. The van der Waals surface area contributed by atoms with Crippen LogP contribution in [0.2, 0.25) is 0 Å². The highest BCUT2D eigenvalue weighted by Crippen LogP contribution is 2.10. The van der Waals surface area contributed by atoms with Crippen LogP contribution < -0.4 is 16.0 Å². The maximum Gasteiger partial charge on any atom is 0.408 e. The normalized spacial score (nSPS) is 12.8. The predicted octanol–water partition coefficient (Wildman–Crippen LogP) is 2.59. The molecule has 0 aromatic carbocycles. The van der Waals surface area contributed by atoms with Crippen molar-refractivity contribution in [2.45, 2.75) is 78.4 Å². The summed E-state index contributed by atoms with van der Waals surface area (Å²) in [4.78, 5) is 20.5. The Kier molecular flexibility index (Phi) is 8.71. The van der Waals surface area contributed by atoms with Gasteiger partial charge in [-0.1, -0.05) is 19.0 Å². The molecule has 1 aromatic rings. The fourth-order valence-corrected chi connectivity index (χ4v) is 2.20. The largest absolute Gasteiger partial charge is 0.444 e. The summed E-state index contributed by atoms with van der Waals surface area (Å²) < 4.78 is 10.5. The van der Waals surface area contributed by atoms with Gasteiger partial charge in [-0.15, -0.1) is 0 Å². The van der Waals surface area contributed by atoms with Crippen molar-refractivity contribution < 1.29 is 14.1 Å². The Morgan fingerprint density at radius 2 is 1.89 bits per heavy atom. The van der Waals surface area contributed by atoms with E-state index in [0.717, 1.165) is 12.2 Å². The summed E-state index contributed by atoms with van der Waals surface area (Å²) in [6.07, 6.45) is 1.10. The number of carbonyl (C=O) groups is 1. The van der Waals surface area contributed by atoms with Gasteiger partial charge in [-0.25, -0.2) is 4.79 Å². The number of guanidine groups is 1. The molecule has 9 heteroatoms. The Labute approximate surface area is 168 Å². The van der Waals surface area contributed by atoms with Crippen LogP contribution in [-0.2, 0) is 11.2 Å². The fourth-order valence-electron chi connectivity index (χ4n) is 2.20.